The maximum atomic E-state index is 12.3. The van der Waals surface area contributed by atoms with Gasteiger partial charge in [0.2, 0.25) is 0 Å². The fraction of sp³-hybridized carbons (Fsp3) is 0.278. The van der Waals surface area contributed by atoms with E-state index in [-0.39, 0.29) is 28.5 Å². The molecule has 0 saturated carbocycles. The van der Waals surface area contributed by atoms with Crippen molar-refractivity contribution in [2.45, 2.75) is 31.6 Å². The Kier molecular flexibility index (Phi) is 6.03. The third kappa shape index (κ3) is 4.96. The number of hydrogen-bond donors (Lipinski definition) is 1. The summed E-state index contributed by atoms with van der Waals surface area (Å²) in [6, 6.07) is 10.4. The molecule has 0 unspecified atom stereocenters. The fourth-order valence-corrected chi connectivity index (χ4v) is 2.95. The maximum absolute atomic E-state index is 12.3. The Morgan fingerprint density at radius 2 is 1.80 bits per heavy atom. The van der Waals surface area contributed by atoms with Crippen molar-refractivity contribution < 1.29 is 22.1 Å². The molecule has 6 nitrogen and oxygen atoms in total. The van der Waals surface area contributed by atoms with Gasteiger partial charge in [0.05, 0.1) is 12.2 Å². The normalized spacial score (nSPS) is 11.1. The Balaban J connectivity index is 2.21. The van der Waals surface area contributed by atoms with E-state index >= 15 is 0 Å². The first-order chi connectivity index (χ1) is 11.8. The number of ether oxygens (including phenoxy) is 1. The van der Waals surface area contributed by atoms with E-state index in [1.807, 2.05) is 13.8 Å². The SMILES string of the molecule is CCCCOC(=O)c1cc(OS(=O)(=O)c2ccc(C)cc2)ccc1N. The van der Waals surface area contributed by atoms with Gasteiger partial charge in [-0.3, -0.25) is 0 Å². The van der Waals surface area contributed by atoms with Crippen molar-refractivity contribution in [3.05, 3.63) is 53.6 Å². The van der Waals surface area contributed by atoms with E-state index in [1.54, 1.807) is 12.1 Å². The van der Waals surface area contributed by atoms with E-state index in [2.05, 4.69) is 0 Å². The third-order valence-electron chi connectivity index (χ3n) is 3.49. The predicted molar refractivity (Wildman–Crippen MR) is 95.0 cm³/mol. The number of carbonyl (C=O) groups is 1. The van der Waals surface area contributed by atoms with Gasteiger partial charge < -0.3 is 14.7 Å². The number of nitrogens with two attached hydrogens (primary N) is 1. The highest BCUT2D eigenvalue weighted by Crippen LogP contribution is 2.24. The molecule has 0 heterocycles. The third-order valence-corrected chi connectivity index (χ3v) is 4.75. The molecule has 2 N–H and O–H groups in total. The maximum Gasteiger partial charge on any atom is 0.340 e. The highest BCUT2D eigenvalue weighted by Gasteiger charge is 2.19. The minimum absolute atomic E-state index is 0.00258. The highest BCUT2D eigenvalue weighted by atomic mass is 32.2. The van der Waals surface area contributed by atoms with Crippen LogP contribution in [0.4, 0.5) is 5.69 Å². The van der Waals surface area contributed by atoms with Gasteiger partial charge in [-0.25, -0.2) is 4.79 Å². The van der Waals surface area contributed by atoms with Gasteiger partial charge in [0, 0.05) is 5.69 Å². The summed E-state index contributed by atoms with van der Waals surface area (Å²) in [5.74, 6) is -0.610. The van der Waals surface area contributed by atoms with Crippen LogP contribution in [0.2, 0.25) is 0 Å². The summed E-state index contributed by atoms with van der Waals surface area (Å²) in [4.78, 5) is 12.1. The van der Waals surface area contributed by atoms with E-state index < -0.39 is 16.1 Å². The molecule has 0 aliphatic rings. The summed E-state index contributed by atoms with van der Waals surface area (Å²) in [7, 11) is -4.00. The van der Waals surface area contributed by atoms with Crippen molar-refractivity contribution in [1.82, 2.24) is 0 Å². The van der Waals surface area contributed by atoms with Crippen molar-refractivity contribution >= 4 is 21.8 Å². The van der Waals surface area contributed by atoms with Crippen molar-refractivity contribution in [1.29, 1.82) is 0 Å². The van der Waals surface area contributed by atoms with Gasteiger partial charge >= 0.3 is 16.1 Å². The fourth-order valence-electron chi connectivity index (χ4n) is 2.03. The summed E-state index contributed by atoms with van der Waals surface area (Å²) in [5.41, 5.74) is 6.99. The number of benzene rings is 2. The zero-order valence-corrected chi connectivity index (χ0v) is 15.0. The van der Waals surface area contributed by atoms with Crippen LogP contribution in [0.1, 0.15) is 35.7 Å². The number of anilines is 1. The average Bonchev–Trinajstić information content (AvgIpc) is 2.57. The summed E-state index contributed by atoms with van der Waals surface area (Å²) in [5, 5.41) is 0. The number of carbonyl (C=O) groups excluding carboxylic acids is 1. The van der Waals surface area contributed by atoms with Crippen molar-refractivity contribution in [3.63, 3.8) is 0 Å². The Bertz CT molecular complexity index is 844. The van der Waals surface area contributed by atoms with Crippen LogP contribution in [-0.2, 0) is 14.9 Å². The number of hydrogen-bond acceptors (Lipinski definition) is 6. The lowest BCUT2D eigenvalue weighted by molar-refractivity contribution is 0.0500. The lowest BCUT2D eigenvalue weighted by atomic mass is 10.2. The van der Waals surface area contributed by atoms with Crippen LogP contribution in [0.5, 0.6) is 5.75 Å². The lowest BCUT2D eigenvalue weighted by Gasteiger charge is -2.10. The van der Waals surface area contributed by atoms with E-state index in [9.17, 15) is 13.2 Å². The molecule has 0 aliphatic carbocycles. The summed E-state index contributed by atoms with van der Waals surface area (Å²) in [6.45, 7) is 4.11. The zero-order valence-electron chi connectivity index (χ0n) is 14.2. The summed E-state index contributed by atoms with van der Waals surface area (Å²) < 4.78 is 34.9. The number of aryl methyl sites for hydroxylation is 1. The molecule has 0 saturated heterocycles. The largest absolute Gasteiger partial charge is 0.462 e. The van der Waals surface area contributed by atoms with Crippen LogP contribution in [0.3, 0.4) is 0 Å². The molecule has 0 atom stereocenters. The van der Waals surface area contributed by atoms with E-state index in [0.29, 0.717) is 0 Å². The van der Waals surface area contributed by atoms with E-state index in [0.717, 1.165) is 18.4 Å². The lowest BCUT2D eigenvalue weighted by Crippen LogP contribution is -2.12. The Morgan fingerprint density at radius 1 is 1.12 bits per heavy atom. The van der Waals surface area contributed by atoms with Crippen LogP contribution in [0.15, 0.2) is 47.4 Å². The predicted octanol–water partition coefficient (Wildman–Crippen LogP) is 3.30. The molecule has 2 rings (SSSR count). The molecular weight excluding hydrogens is 342 g/mol. The second-order valence-electron chi connectivity index (χ2n) is 5.59. The van der Waals surface area contributed by atoms with Crippen LogP contribution in [0, 0.1) is 6.92 Å². The summed E-state index contributed by atoms with van der Waals surface area (Å²) in [6.07, 6.45) is 1.63. The van der Waals surface area contributed by atoms with Crippen LogP contribution in [0.25, 0.3) is 0 Å². The van der Waals surface area contributed by atoms with E-state index in [1.165, 1.54) is 30.3 Å². The van der Waals surface area contributed by atoms with Crippen molar-refractivity contribution in [2.24, 2.45) is 0 Å². The first-order valence-electron chi connectivity index (χ1n) is 7.91. The molecule has 0 spiro atoms. The van der Waals surface area contributed by atoms with E-state index in [4.69, 9.17) is 14.7 Å². The van der Waals surface area contributed by atoms with Gasteiger partial charge in [0.1, 0.15) is 10.6 Å². The number of nitrogen functional groups attached to an aromatic ring is 1. The molecule has 0 aromatic heterocycles. The minimum atomic E-state index is -4.00. The van der Waals surface area contributed by atoms with Gasteiger partial charge in [-0.2, -0.15) is 8.42 Å². The molecule has 0 aliphatic heterocycles. The molecule has 0 fully saturated rings. The van der Waals surface area contributed by atoms with Crippen LogP contribution >= 0.6 is 0 Å². The highest BCUT2D eigenvalue weighted by molar-refractivity contribution is 7.87. The van der Waals surface area contributed by atoms with Gasteiger partial charge in [-0.15, -0.1) is 0 Å². The van der Waals surface area contributed by atoms with Gasteiger partial charge in [0.15, 0.2) is 0 Å². The van der Waals surface area contributed by atoms with Gasteiger partial charge in [-0.1, -0.05) is 31.0 Å². The molecule has 7 heteroatoms. The minimum Gasteiger partial charge on any atom is -0.462 e. The topological polar surface area (TPSA) is 95.7 Å². The molecule has 0 bridgehead atoms. The molecule has 0 amide bonds. The van der Waals surface area contributed by atoms with Crippen LogP contribution < -0.4 is 9.92 Å². The number of rotatable bonds is 7. The monoisotopic (exact) mass is 363 g/mol. The first-order valence-corrected chi connectivity index (χ1v) is 9.32. The molecular formula is C18H21NO5S. The standard InChI is InChI=1S/C18H21NO5S/c1-3-4-11-23-18(20)16-12-14(7-10-17(16)19)24-25(21,22)15-8-5-13(2)6-9-15/h5-10,12H,3-4,11,19H2,1-2H3. The second-order valence-corrected chi connectivity index (χ2v) is 7.14. The second kappa shape index (κ2) is 8.02. The average molecular weight is 363 g/mol. The Labute approximate surface area is 147 Å². The quantitative estimate of drug-likeness (QED) is 0.351. The first kappa shape index (κ1) is 18.8. The van der Waals surface area contributed by atoms with Gasteiger partial charge in [-0.05, 0) is 43.7 Å². The Hall–Kier alpha value is -2.54. The van der Waals surface area contributed by atoms with Crippen molar-refractivity contribution in [3.8, 4) is 5.75 Å². The van der Waals surface area contributed by atoms with Gasteiger partial charge in [0.25, 0.3) is 0 Å². The Morgan fingerprint density at radius 3 is 2.44 bits per heavy atom. The molecule has 2 aromatic carbocycles. The van der Waals surface area contributed by atoms with Crippen LogP contribution in [-0.4, -0.2) is 21.0 Å². The zero-order chi connectivity index (χ0) is 18.4. The summed E-state index contributed by atoms with van der Waals surface area (Å²) >= 11 is 0. The molecule has 134 valence electrons. The number of unbranched alkanes of at least 4 members (excludes halogenated alkanes) is 1. The molecule has 25 heavy (non-hydrogen) atoms. The smallest absolute Gasteiger partial charge is 0.340 e. The van der Waals surface area contributed by atoms with Crippen molar-refractivity contribution in [2.75, 3.05) is 12.3 Å². The molecule has 0 radical (unpaired) electrons. The molecule has 2 aromatic rings. The number of esters is 1.